The van der Waals surface area contributed by atoms with E-state index in [0.717, 1.165) is 153 Å². The van der Waals surface area contributed by atoms with E-state index in [-0.39, 0.29) is 11.2 Å². The van der Waals surface area contributed by atoms with Crippen molar-refractivity contribution >= 4 is 174 Å². The van der Waals surface area contributed by atoms with Crippen molar-refractivity contribution in [3.63, 3.8) is 0 Å². The molecule has 1 fully saturated rings. The summed E-state index contributed by atoms with van der Waals surface area (Å²) >= 11 is 3.78. The van der Waals surface area contributed by atoms with Gasteiger partial charge in [-0.2, -0.15) is 0 Å². The number of rotatable bonds is 14. The second-order valence-corrected chi connectivity index (χ2v) is 41.3. The summed E-state index contributed by atoms with van der Waals surface area (Å²) in [5.41, 5.74) is 18.0. The maximum atomic E-state index is 7.34. The van der Waals surface area contributed by atoms with E-state index < -0.39 is 23.3 Å². The van der Waals surface area contributed by atoms with Crippen LogP contribution in [0.15, 0.2) is 447 Å². The number of halogens is 1. The largest absolute Gasteiger partial charge is 0.498 e. The molecule has 1 saturated heterocycles. The maximum absolute atomic E-state index is 7.34. The van der Waals surface area contributed by atoms with E-state index in [2.05, 4.69) is 399 Å². The van der Waals surface area contributed by atoms with Crippen molar-refractivity contribution in [1.29, 1.82) is 0 Å². The minimum absolute atomic E-state index is 0.355. The first-order valence-electron chi connectivity index (χ1n) is 42.1. The molecule has 0 N–H and O–H groups in total. The highest BCUT2D eigenvalue weighted by atomic mass is 79.9. The van der Waals surface area contributed by atoms with E-state index >= 15 is 0 Å². The van der Waals surface area contributed by atoms with Gasteiger partial charge in [0.2, 0.25) is 0 Å². The number of nitrogens with zero attached hydrogens (tertiary/aromatic N) is 2. The lowest BCUT2D eigenvalue weighted by molar-refractivity contribution is 0.00578. The van der Waals surface area contributed by atoms with Gasteiger partial charge in [0, 0.05) is 106 Å². The van der Waals surface area contributed by atoms with Crippen LogP contribution in [-0.4, -0.2) is 44.4 Å². The average molecular weight is 1700 g/mol. The molecular formula is C112H82BBrN2O6Si2. The lowest BCUT2D eigenvalue weighted by atomic mass is 9.78. The Hall–Kier alpha value is -14.1. The summed E-state index contributed by atoms with van der Waals surface area (Å²) in [6.45, 7) is 8.25. The SMILES string of the molecule is Brc1cc(-c2cccnc2)cc(-c2cccc3c2oc2c([Si](c4ccccc4)(c4ccccc4)c4ccccc4)cccc23)c1.CC1(C)OB(c2cccc3c2oc2ccccc23)OC1(C)C.c1ccc([Si](c2ccccc2)(c2ccccc2)c2cccc3c2oc2c(-c4cc(-c5cccnc5)cc(-c5cccc6c5oc5ccccc56)c4)cccc23)cc1. The molecule has 594 valence electrons. The topological polar surface area (TPSA) is 96.8 Å². The van der Waals surface area contributed by atoms with Gasteiger partial charge in [-0.3, -0.25) is 9.97 Å². The number of fused-ring (bicyclic) bond motifs is 12. The fraction of sp³-hybridized carbons (Fsp3) is 0.0536. The van der Waals surface area contributed by atoms with Crippen LogP contribution in [0.2, 0.25) is 0 Å². The maximum Gasteiger partial charge on any atom is 0.498 e. The van der Waals surface area contributed by atoms with Crippen molar-refractivity contribution < 1.29 is 27.0 Å². The van der Waals surface area contributed by atoms with E-state index in [1.54, 1.807) is 6.20 Å². The van der Waals surface area contributed by atoms with E-state index in [4.69, 9.17) is 27.0 Å². The Morgan fingerprint density at radius 3 is 0.927 bits per heavy atom. The van der Waals surface area contributed by atoms with Crippen molar-refractivity contribution in [2.75, 3.05) is 0 Å². The Kier molecular flexibility index (Phi) is 20.0. The molecule has 0 saturated carbocycles. The lowest BCUT2D eigenvalue weighted by Crippen LogP contribution is -2.74. The molecule has 0 spiro atoms. The van der Waals surface area contributed by atoms with Crippen molar-refractivity contribution in [1.82, 2.24) is 9.97 Å². The number of benzene rings is 16. The van der Waals surface area contributed by atoms with Crippen LogP contribution in [0, 0.1) is 0 Å². The van der Waals surface area contributed by atoms with Gasteiger partial charge in [0.05, 0.1) is 11.2 Å². The molecule has 7 heterocycles. The molecule has 23 rings (SSSR count). The van der Waals surface area contributed by atoms with Crippen LogP contribution in [0.1, 0.15) is 27.7 Å². The first-order chi connectivity index (χ1) is 60.9. The fourth-order valence-corrected chi connectivity index (χ4v) is 29.0. The van der Waals surface area contributed by atoms with Gasteiger partial charge in [-0.25, -0.2) is 0 Å². The zero-order valence-corrected chi connectivity index (χ0v) is 72.3. The first-order valence-corrected chi connectivity index (χ1v) is 46.9. The first kappa shape index (κ1) is 77.3. The Balaban J connectivity index is 0.000000125. The molecule has 0 amide bonds. The highest BCUT2D eigenvalue weighted by Gasteiger charge is 2.53. The standard InChI is InChI=1S/C53H35NO2Si.C41H28BrNOSi.C18H19BO3/c1-4-17-40(18-5-1)57(41-19-6-2-7-20-41,42-21-8-3-9-22-42)50-30-14-28-48-47-27-13-25-44(52(47)56-53(48)50)39-33-37(36-16-15-31-54-35-36)32-38(34-39)43-24-12-26-46-45-23-10-11-29-49(45)55-51(43)46;42-32-26-30(29-13-12-24-43-28-29)25-31(27-32)36-20-10-21-37-38-22-11-23-39(41(38)44-40(36)37)45(33-14-4-1-5-15-33,34-16-6-2-7-17-34)35-18-8-3-9-19-35;1-17(2)18(3,4)22-19(21-17)14-10-7-9-13-12-8-5-6-11-15(12)20-16(13)14/h1-35H;1-28H;5-11H,1-4H3. The van der Waals surface area contributed by atoms with Gasteiger partial charge in [-0.15, -0.1) is 0 Å². The molecule has 12 heteroatoms. The zero-order chi connectivity index (χ0) is 83.5. The van der Waals surface area contributed by atoms with Crippen LogP contribution >= 0.6 is 15.9 Å². The number of pyridine rings is 2. The van der Waals surface area contributed by atoms with Crippen molar-refractivity contribution in [3.8, 4) is 55.6 Å². The number of hydrogen-bond donors (Lipinski definition) is 0. The zero-order valence-electron chi connectivity index (χ0n) is 68.7. The second kappa shape index (κ2) is 32.1. The van der Waals surface area contributed by atoms with Gasteiger partial charge >= 0.3 is 7.12 Å². The van der Waals surface area contributed by atoms with Gasteiger partial charge in [-0.1, -0.05) is 356 Å². The van der Waals surface area contributed by atoms with E-state index in [1.807, 2.05) is 73.2 Å². The van der Waals surface area contributed by atoms with Crippen LogP contribution in [0.4, 0.5) is 0 Å². The molecule has 124 heavy (non-hydrogen) atoms. The third kappa shape index (κ3) is 13.4. The molecule has 0 atom stereocenters. The van der Waals surface area contributed by atoms with Crippen molar-refractivity contribution in [2.24, 2.45) is 0 Å². The van der Waals surface area contributed by atoms with Crippen molar-refractivity contribution in [2.45, 2.75) is 38.9 Å². The predicted molar refractivity (Wildman–Crippen MR) is 522 cm³/mol. The minimum atomic E-state index is -2.88. The van der Waals surface area contributed by atoms with Gasteiger partial charge < -0.3 is 27.0 Å². The lowest BCUT2D eigenvalue weighted by Gasteiger charge is -2.34. The fourth-order valence-electron chi connectivity index (χ4n) is 18.7. The molecule has 1 aliphatic rings. The number of aromatic nitrogens is 2. The van der Waals surface area contributed by atoms with Crippen LogP contribution < -0.4 is 47.0 Å². The smallest absolute Gasteiger partial charge is 0.456 e. The summed E-state index contributed by atoms with van der Waals surface area (Å²) in [5, 5.41) is 19.3. The van der Waals surface area contributed by atoms with Gasteiger partial charge in [0.25, 0.3) is 0 Å². The molecule has 22 aromatic rings. The Morgan fingerprint density at radius 2 is 0.540 bits per heavy atom. The van der Waals surface area contributed by atoms with E-state index in [0.29, 0.717) is 0 Å². The Morgan fingerprint density at radius 1 is 0.250 bits per heavy atom. The van der Waals surface area contributed by atoms with Crippen molar-refractivity contribution in [3.05, 3.63) is 430 Å². The Bertz CT molecular complexity index is 7490. The monoisotopic (exact) mass is 1700 g/mol. The highest BCUT2D eigenvalue weighted by molar-refractivity contribution is 9.10. The third-order valence-electron chi connectivity index (χ3n) is 25.2. The predicted octanol–water partition coefficient (Wildman–Crippen LogP) is 23.6. The quantitative estimate of drug-likeness (QED) is 0.0785. The minimum Gasteiger partial charge on any atom is -0.456 e. The number of furan rings is 4. The molecule has 0 aliphatic carbocycles. The summed E-state index contributed by atoms with van der Waals surface area (Å²) in [6, 6.07) is 143. The van der Waals surface area contributed by atoms with Gasteiger partial charge in [-0.05, 0) is 158 Å². The van der Waals surface area contributed by atoms with Crippen LogP contribution in [0.25, 0.3) is 143 Å². The summed E-state index contributed by atoms with van der Waals surface area (Å²) in [4.78, 5) is 8.85. The summed E-state index contributed by atoms with van der Waals surface area (Å²) in [7, 11) is -6.08. The normalized spacial score (nSPS) is 13.2. The third-order valence-corrected chi connectivity index (χ3v) is 35.3. The van der Waals surface area contributed by atoms with Crippen LogP contribution in [-0.2, 0) is 9.31 Å². The summed E-state index contributed by atoms with van der Waals surface area (Å²) < 4.78 is 40.5. The van der Waals surface area contributed by atoms with Crippen LogP contribution in [0.5, 0.6) is 0 Å². The molecule has 6 aromatic heterocycles. The molecule has 8 nitrogen and oxygen atoms in total. The van der Waals surface area contributed by atoms with Crippen LogP contribution in [0.3, 0.4) is 0 Å². The molecule has 1 aliphatic heterocycles. The van der Waals surface area contributed by atoms with E-state index in [9.17, 15) is 0 Å². The Labute approximate surface area is 729 Å². The number of hydrogen-bond acceptors (Lipinski definition) is 8. The molecule has 16 aromatic carbocycles. The molecular weight excluding hydrogens is 1620 g/mol. The number of para-hydroxylation sites is 8. The summed E-state index contributed by atoms with van der Waals surface area (Å²) in [5.74, 6) is 0. The summed E-state index contributed by atoms with van der Waals surface area (Å²) in [6.07, 6.45) is 7.46. The highest BCUT2D eigenvalue weighted by Crippen LogP contribution is 2.45. The van der Waals surface area contributed by atoms with Gasteiger partial charge in [0.15, 0.2) is 16.1 Å². The second-order valence-electron chi connectivity index (χ2n) is 32.8. The molecule has 0 radical (unpaired) electrons. The van der Waals surface area contributed by atoms with E-state index in [1.165, 1.54) is 41.5 Å². The average Bonchev–Trinajstić information content (AvgIpc) is 1.42. The molecule has 0 bridgehead atoms. The van der Waals surface area contributed by atoms with Gasteiger partial charge in [0.1, 0.15) is 44.7 Å². The molecule has 0 unspecified atom stereocenters.